The third-order valence-corrected chi connectivity index (χ3v) is 11.7. The first-order chi connectivity index (χ1) is 14.2. The number of hydrogen-bond donors (Lipinski definition) is 0. The molecule has 0 radical (unpaired) electrons. The van der Waals surface area contributed by atoms with Crippen LogP contribution in [0, 0.1) is 17.8 Å². The lowest BCUT2D eigenvalue weighted by Gasteiger charge is -2.41. The Morgan fingerprint density at radius 1 is 1.03 bits per heavy atom. The molecule has 0 spiro atoms. The molecule has 4 atom stereocenters. The van der Waals surface area contributed by atoms with Gasteiger partial charge in [0.1, 0.15) is 5.78 Å². The van der Waals surface area contributed by atoms with Crippen LogP contribution in [0.5, 0.6) is 0 Å². The molecule has 0 saturated carbocycles. The molecule has 0 unspecified atom stereocenters. The molecule has 0 bridgehead atoms. The highest BCUT2D eigenvalue weighted by molar-refractivity contribution is 6.74. The number of allylic oxidation sites excluding steroid dienone is 2. The van der Waals surface area contributed by atoms with E-state index >= 15 is 0 Å². The molecule has 0 aromatic carbocycles. The van der Waals surface area contributed by atoms with E-state index in [0.717, 1.165) is 17.6 Å². The van der Waals surface area contributed by atoms with Gasteiger partial charge in [-0.05, 0) is 63.1 Å². The molecule has 0 aromatic rings. The van der Waals surface area contributed by atoms with Gasteiger partial charge in [-0.2, -0.15) is 0 Å². The average molecular weight is 483 g/mol. The quantitative estimate of drug-likeness (QED) is 0.213. The summed E-state index contributed by atoms with van der Waals surface area (Å²) in [5.74, 6) is -0.733. The Kier molecular flexibility index (Phi) is 11.6. The summed E-state index contributed by atoms with van der Waals surface area (Å²) < 4.78 is 12.3. The summed E-state index contributed by atoms with van der Waals surface area (Å²) in [6.45, 7) is 31.2. The summed E-state index contributed by atoms with van der Waals surface area (Å²) in [5, 5.41) is 0.0603. The molecule has 4 nitrogen and oxygen atoms in total. The van der Waals surface area contributed by atoms with Crippen LogP contribution in [0.4, 0.5) is 0 Å². The standard InChI is InChI=1S/C26H50O4Si2/c1-15-19(3)24(29-32(13,14)26(7,8)9)22(6)23(27)20(4)16-18(2)17-21(5)25(28)30-31(10,11)12/h16,20-22,24H,3,15,17H2,1-2,4-14H3/b18-16+/t20-,21+,22-,24-/m1/s1. The predicted molar refractivity (Wildman–Crippen MR) is 142 cm³/mol. The maximum Gasteiger partial charge on any atom is 0.295 e. The van der Waals surface area contributed by atoms with Gasteiger partial charge < -0.3 is 8.85 Å². The summed E-state index contributed by atoms with van der Waals surface area (Å²) >= 11 is 0. The van der Waals surface area contributed by atoms with Crippen molar-refractivity contribution in [1.82, 2.24) is 0 Å². The minimum Gasteiger partial charge on any atom is -0.520 e. The van der Waals surface area contributed by atoms with Crippen molar-refractivity contribution in [3.05, 3.63) is 23.8 Å². The van der Waals surface area contributed by atoms with Gasteiger partial charge in [-0.1, -0.05) is 66.7 Å². The maximum atomic E-state index is 13.3. The number of ketones is 1. The van der Waals surface area contributed by atoms with E-state index in [1.807, 2.05) is 53.4 Å². The molecule has 0 saturated heterocycles. The highest BCUT2D eigenvalue weighted by atomic mass is 28.4. The number of rotatable bonds is 12. The van der Waals surface area contributed by atoms with Crippen molar-refractivity contribution < 1.29 is 18.4 Å². The number of carbonyl (C=O) groups excluding carboxylic acids is 2. The Labute approximate surface area is 200 Å². The van der Waals surface area contributed by atoms with E-state index in [4.69, 9.17) is 8.85 Å². The largest absolute Gasteiger partial charge is 0.520 e. The molecule has 0 heterocycles. The van der Waals surface area contributed by atoms with Crippen molar-refractivity contribution in [2.75, 3.05) is 0 Å². The zero-order valence-electron chi connectivity index (χ0n) is 23.1. The lowest BCUT2D eigenvalue weighted by molar-refractivity contribution is -0.139. The Morgan fingerprint density at radius 2 is 1.53 bits per heavy atom. The molecule has 186 valence electrons. The molecule has 0 aliphatic heterocycles. The fraction of sp³-hybridized carbons (Fsp3) is 0.769. The second kappa shape index (κ2) is 11.9. The van der Waals surface area contributed by atoms with Crippen LogP contribution in [0.3, 0.4) is 0 Å². The molecule has 0 aliphatic carbocycles. The van der Waals surface area contributed by atoms with Crippen molar-refractivity contribution in [3.8, 4) is 0 Å². The molecule has 0 amide bonds. The van der Waals surface area contributed by atoms with Crippen LogP contribution >= 0.6 is 0 Å². The predicted octanol–water partition coefficient (Wildman–Crippen LogP) is 7.53. The molecular formula is C26H50O4Si2. The molecule has 0 aliphatic rings. The van der Waals surface area contributed by atoms with Gasteiger partial charge in [-0.25, -0.2) is 0 Å². The van der Waals surface area contributed by atoms with Gasteiger partial charge in [-0.3, -0.25) is 9.59 Å². The summed E-state index contributed by atoms with van der Waals surface area (Å²) in [7, 11) is -3.95. The van der Waals surface area contributed by atoms with E-state index in [1.54, 1.807) is 0 Å². The smallest absolute Gasteiger partial charge is 0.295 e. The van der Waals surface area contributed by atoms with E-state index in [9.17, 15) is 9.59 Å². The summed E-state index contributed by atoms with van der Waals surface area (Å²) in [5.41, 5.74) is 2.01. The normalized spacial score (nSPS) is 17.3. The Hall–Kier alpha value is -0.986. The van der Waals surface area contributed by atoms with Crippen LogP contribution in [0.15, 0.2) is 23.8 Å². The number of Topliss-reactive ketones (excluding diaryl/α,β-unsaturated/α-hetero) is 1. The second-order valence-electron chi connectivity index (χ2n) is 11.9. The van der Waals surface area contributed by atoms with Gasteiger partial charge in [0.2, 0.25) is 8.32 Å². The number of hydrogen-bond acceptors (Lipinski definition) is 4. The number of carbonyl (C=O) groups is 2. The van der Waals surface area contributed by atoms with Gasteiger partial charge in [0.15, 0.2) is 8.32 Å². The third kappa shape index (κ3) is 9.88. The molecule has 0 N–H and O–H groups in total. The van der Waals surface area contributed by atoms with Gasteiger partial charge in [0, 0.05) is 11.8 Å². The summed E-state index contributed by atoms with van der Waals surface area (Å²) in [4.78, 5) is 25.7. The summed E-state index contributed by atoms with van der Waals surface area (Å²) in [6, 6.07) is 0. The Bertz CT molecular complexity index is 696. The van der Waals surface area contributed by atoms with Crippen LogP contribution in [0.25, 0.3) is 0 Å². The van der Waals surface area contributed by atoms with Crippen molar-refractivity contribution >= 4 is 28.4 Å². The van der Waals surface area contributed by atoms with E-state index in [1.165, 1.54) is 0 Å². The van der Waals surface area contributed by atoms with Gasteiger partial charge in [0.05, 0.1) is 12.0 Å². The zero-order valence-corrected chi connectivity index (χ0v) is 25.1. The lowest BCUT2D eigenvalue weighted by Crippen LogP contribution is -2.47. The SMILES string of the molecule is C=C(CC)[C@@H](O[Si](C)(C)C(C)(C)C)[C@H](C)C(=O)[C@H](C)/C=C(\C)C[C@H](C)C(=O)O[Si](C)(C)C. The minimum atomic E-state index is -2.05. The van der Waals surface area contributed by atoms with E-state index in [0.29, 0.717) is 6.42 Å². The fourth-order valence-electron chi connectivity index (χ4n) is 3.34. The molecule has 0 fully saturated rings. The Balaban J connectivity index is 5.44. The van der Waals surface area contributed by atoms with Crippen molar-refractivity contribution in [2.45, 2.75) is 112 Å². The zero-order chi connectivity index (χ0) is 25.7. The highest BCUT2D eigenvalue weighted by Gasteiger charge is 2.42. The van der Waals surface area contributed by atoms with Crippen LogP contribution in [-0.4, -0.2) is 34.5 Å². The van der Waals surface area contributed by atoms with Crippen molar-refractivity contribution in [3.63, 3.8) is 0 Å². The van der Waals surface area contributed by atoms with Crippen molar-refractivity contribution in [2.24, 2.45) is 17.8 Å². The lowest BCUT2D eigenvalue weighted by atomic mass is 9.86. The Morgan fingerprint density at radius 3 is 1.94 bits per heavy atom. The van der Waals surface area contributed by atoms with Crippen LogP contribution < -0.4 is 0 Å². The molecular weight excluding hydrogens is 432 g/mol. The van der Waals surface area contributed by atoms with Crippen LogP contribution in [0.1, 0.15) is 68.2 Å². The fourth-order valence-corrected chi connectivity index (χ4v) is 5.51. The third-order valence-electron chi connectivity index (χ3n) is 6.41. The highest BCUT2D eigenvalue weighted by Crippen LogP contribution is 2.39. The van der Waals surface area contributed by atoms with Crippen LogP contribution in [-0.2, 0) is 18.4 Å². The first-order valence-electron chi connectivity index (χ1n) is 12.0. The minimum absolute atomic E-state index is 0.0603. The second-order valence-corrected chi connectivity index (χ2v) is 21.1. The first-order valence-corrected chi connectivity index (χ1v) is 18.3. The molecule has 32 heavy (non-hydrogen) atoms. The van der Waals surface area contributed by atoms with E-state index < -0.39 is 16.6 Å². The monoisotopic (exact) mass is 482 g/mol. The molecule has 0 aromatic heterocycles. The first kappa shape index (κ1) is 31.0. The van der Waals surface area contributed by atoms with E-state index in [2.05, 4.69) is 47.4 Å². The van der Waals surface area contributed by atoms with Crippen molar-refractivity contribution in [1.29, 1.82) is 0 Å². The maximum absolute atomic E-state index is 13.3. The van der Waals surface area contributed by atoms with Gasteiger partial charge in [-0.15, -0.1) is 0 Å². The molecule has 0 rings (SSSR count). The van der Waals surface area contributed by atoms with Crippen LogP contribution in [0.2, 0.25) is 37.8 Å². The topological polar surface area (TPSA) is 52.6 Å². The van der Waals surface area contributed by atoms with Gasteiger partial charge in [0.25, 0.3) is 5.97 Å². The summed E-state index contributed by atoms with van der Waals surface area (Å²) in [6.07, 6.45) is 3.11. The molecule has 6 heteroatoms. The average Bonchev–Trinajstić information content (AvgIpc) is 2.61. The van der Waals surface area contributed by atoms with E-state index in [-0.39, 0.29) is 40.6 Å². The van der Waals surface area contributed by atoms with Gasteiger partial charge >= 0.3 is 0 Å².